The third-order valence-electron chi connectivity index (χ3n) is 4.36. The van der Waals surface area contributed by atoms with Crippen LogP contribution in [0, 0.1) is 11.8 Å². The van der Waals surface area contributed by atoms with Gasteiger partial charge in [-0.15, -0.1) is 12.4 Å². The van der Waals surface area contributed by atoms with E-state index in [2.05, 4.69) is 22.9 Å². The quantitative estimate of drug-likeness (QED) is 0.630. The van der Waals surface area contributed by atoms with Crippen LogP contribution >= 0.6 is 12.4 Å². The number of anilines is 1. The smallest absolute Gasteiger partial charge is 0.316 e. The highest BCUT2D eigenvalue weighted by molar-refractivity contribution is 5.87. The summed E-state index contributed by atoms with van der Waals surface area (Å²) in [5, 5.41) is 8.86. The second kappa shape index (κ2) is 10.2. The predicted octanol–water partition coefficient (Wildman–Crippen LogP) is 2.24. The number of nitrogens with two attached hydrogens (primary N) is 1. The fourth-order valence-corrected chi connectivity index (χ4v) is 2.94. The minimum absolute atomic E-state index is 0. The monoisotopic (exact) mass is 354 g/mol. The lowest BCUT2D eigenvalue weighted by molar-refractivity contribution is -0.122. The Hall–Kier alpha value is -1.79. The van der Waals surface area contributed by atoms with Gasteiger partial charge in [-0.3, -0.25) is 4.79 Å². The van der Waals surface area contributed by atoms with E-state index in [1.165, 1.54) is 12.8 Å². The van der Waals surface area contributed by atoms with Crippen LogP contribution in [-0.4, -0.2) is 25.0 Å². The van der Waals surface area contributed by atoms with E-state index in [0.29, 0.717) is 30.5 Å². The molecule has 5 N–H and O–H groups in total. The number of hydrogen-bond acceptors (Lipinski definition) is 3. The van der Waals surface area contributed by atoms with E-state index in [1.807, 2.05) is 12.1 Å². The van der Waals surface area contributed by atoms with Gasteiger partial charge in [0.25, 0.3) is 0 Å². The van der Waals surface area contributed by atoms with E-state index in [0.717, 1.165) is 18.7 Å². The number of urea groups is 1. The van der Waals surface area contributed by atoms with E-state index in [-0.39, 0.29) is 18.3 Å². The van der Waals surface area contributed by atoms with Crippen molar-refractivity contribution in [3.63, 3.8) is 0 Å². The maximum absolute atomic E-state index is 12.1. The third kappa shape index (κ3) is 6.76. The predicted molar refractivity (Wildman–Crippen MR) is 98.1 cm³/mol. The van der Waals surface area contributed by atoms with Gasteiger partial charge in [-0.25, -0.2) is 4.79 Å². The normalized spacial score (nSPS) is 18.1. The van der Waals surface area contributed by atoms with Crippen molar-refractivity contribution in [1.82, 2.24) is 10.6 Å². The second-order valence-corrected chi connectivity index (χ2v) is 6.25. The van der Waals surface area contributed by atoms with Crippen molar-refractivity contribution in [2.24, 2.45) is 17.6 Å². The largest absolute Gasteiger partial charge is 0.352 e. The Morgan fingerprint density at radius 2 is 2.04 bits per heavy atom. The molecule has 0 aromatic heterocycles. The Morgan fingerprint density at radius 3 is 2.62 bits per heavy atom. The van der Waals surface area contributed by atoms with E-state index in [1.54, 1.807) is 12.1 Å². The van der Waals surface area contributed by atoms with Crippen LogP contribution in [0.25, 0.3) is 0 Å². The first-order valence-electron chi connectivity index (χ1n) is 8.17. The topological polar surface area (TPSA) is 96.2 Å². The number of halogens is 1. The molecule has 2 unspecified atom stereocenters. The number of amides is 3. The van der Waals surface area contributed by atoms with Gasteiger partial charge in [0.2, 0.25) is 5.91 Å². The van der Waals surface area contributed by atoms with Gasteiger partial charge in [0, 0.05) is 18.7 Å². The molecule has 0 saturated carbocycles. The summed E-state index contributed by atoms with van der Waals surface area (Å²) in [6, 6.07) is 6.67. The first kappa shape index (κ1) is 20.3. The first-order chi connectivity index (χ1) is 11.0. The van der Waals surface area contributed by atoms with Crippen molar-refractivity contribution in [1.29, 1.82) is 0 Å². The molecule has 1 aliphatic rings. The molecule has 1 aliphatic heterocycles. The van der Waals surface area contributed by atoms with Gasteiger partial charge < -0.3 is 21.7 Å². The maximum atomic E-state index is 12.1. The molecule has 24 heavy (non-hydrogen) atoms. The first-order valence-corrected chi connectivity index (χ1v) is 8.17. The van der Waals surface area contributed by atoms with E-state index in [4.69, 9.17) is 5.73 Å². The van der Waals surface area contributed by atoms with Gasteiger partial charge in [0.15, 0.2) is 0 Å². The molecule has 2 rings (SSSR count). The van der Waals surface area contributed by atoms with E-state index < -0.39 is 6.03 Å². The van der Waals surface area contributed by atoms with Gasteiger partial charge in [0.1, 0.15) is 0 Å². The zero-order valence-electron chi connectivity index (χ0n) is 14.0. The summed E-state index contributed by atoms with van der Waals surface area (Å²) >= 11 is 0. The SMILES string of the molecule is CC(CC(=O)NCc1ccc(NC(N)=O)cc1)C1CCCNC1.Cl. The molecule has 3 amide bonds. The van der Waals surface area contributed by atoms with Crippen LogP contribution in [0.5, 0.6) is 0 Å². The van der Waals surface area contributed by atoms with Gasteiger partial charge in [-0.1, -0.05) is 19.1 Å². The molecule has 1 fully saturated rings. The molecule has 0 spiro atoms. The molecule has 134 valence electrons. The maximum Gasteiger partial charge on any atom is 0.316 e. The number of piperidine rings is 1. The van der Waals surface area contributed by atoms with Crippen molar-refractivity contribution in [2.75, 3.05) is 18.4 Å². The van der Waals surface area contributed by atoms with Gasteiger partial charge in [0.05, 0.1) is 0 Å². The third-order valence-corrected chi connectivity index (χ3v) is 4.36. The lowest BCUT2D eigenvalue weighted by Gasteiger charge is -2.28. The zero-order chi connectivity index (χ0) is 16.7. The minimum Gasteiger partial charge on any atom is -0.352 e. The molecule has 7 heteroatoms. The van der Waals surface area contributed by atoms with Crippen LogP contribution in [0.1, 0.15) is 31.7 Å². The summed E-state index contributed by atoms with van der Waals surface area (Å²) in [6.45, 7) is 4.76. The highest BCUT2D eigenvalue weighted by atomic mass is 35.5. The van der Waals surface area contributed by atoms with Crippen molar-refractivity contribution in [3.8, 4) is 0 Å². The number of benzene rings is 1. The van der Waals surface area contributed by atoms with Crippen molar-refractivity contribution < 1.29 is 9.59 Å². The fourth-order valence-electron chi connectivity index (χ4n) is 2.94. The van der Waals surface area contributed by atoms with Crippen LogP contribution in [0.15, 0.2) is 24.3 Å². The summed E-state index contributed by atoms with van der Waals surface area (Å²) < 4.78 is 0. The average Bonchev–Trinajstić information content (AvgIpc) is 2.54. The van der Waals surface area contributed by atoms with Gasteiger partial charge >= 0.3 is 6.03 Å². The van der Waals surface area contributed by atoms with Crippen LogP contribution in [0.4, 0.5) is 10.5 Å². The Morgan fingerprint density at radius 1 is 1.33 bits per heavy atom. The second-order valence-electron chi connectivity index (χ2n) is 6.25. The molecule has 0 radical (unpaired) electrons. The molecule has 0 aliphatic carbocycles. The van der Waals surface area contributed by atoms with Crippen molar-refractivity contribution >= 4 is 30.0 Å². The Labute approximate surface area is 149 Å². The lowest BCUT2D eigenvalue weighted by atomic mass is 9.85. The number of carbonyl (C=O) groups is 2. The Bertz CT molecular complexity index is 530. The van der Waals surface area contributed by atoms with Crippen molar-refractivity contribution in [3.05, 3.63) is 29.8 Å². The lowest BCUT2D eigenvalue weighted by Crippen LogP contribution is -2.35. The summed E-state index contributed by atoms with van der Waals surface area (Å²) in [5.41, 5.74) is 6.69. The molecular weight excluding hydrogens is 328 g/mol. The van der Waals surface area contributed by atoms with Crippen LogP contribution in [0.2, 0.25) is 0 Å². The zero-order valence-corrected chi connectivity index (χ0v) is 14.8. The summed E-state index contributed by atoms with van der Waals surface area (Å²) in [6.07, 6.45) is 2.96. The van der Waals surface area contributed by atoms with Crippen LogP contribution in [0.3, 0.4) is 0 Å². The molecule has 1 heterocycles. The highest BCUT2D eigenvalue weighted by Gasteiger charge is 2.21. The number of nitrogens with one attached hydrogen (secondary N) is 3. The Balaban J connectivity index is 0.00000288. The average molecular weight is 355 g/mol. The molecule has 1 aromatic rings. The molecule has 2 atom stereocenters. The highest BCUT2D eigenvalue weighted by Crippen LogP contribution is 2.22. The standard InChI is InChI=1S/C17H26N4O2.ClH/c1-12(14-3-2-8-19-11-14)9-16(22)20-10-13-4-6-15(7-5-13)21-17(18)23;/h4-7,12,14,19H,2-3,8-11H2,1H3,(H,20,22)(H3,18,21,23);1H. The molecule has 1 saturated heterocycles. The Kier molecular flexibility index (Phi) is 8.57. The van der Waals surface area contributed by atoms with Gasteiger partial charge in [-0.2, -0.15) is 0 Å². The molecule has 6 nitrogen and oxygen atoms in total. The minimum atomic E-state index is -0.586. The summed E-state index contributed by atoms with van der Waals surface area (Å²) in [5.74, 6) is 1.07. The van der Waals surface area contributed by atoms with Gasteiger partial charge in [-0.05, 0) is 55.5 Å². The van der Waals surface area contributed by atoms with Crippen molar-refractivity contribution in [2.45, 2.75) is 32.7 Å². The molecular formula is C17H27ClN4O2. The van der Waals surface area contributed by atoms with E-state index >= 15 is 0 Å². The number of primary amides is 1. The molecule has 0 bridgehead atoms. The van der Waals surface area contributed by atoms with Crippen LogP contribution < -0.4 is 21.7 Å². The van der Waals surface area contributed by atoms with E-state index in [9.17, 15) is 9.59 Å². The summed E-state index contributed by atoms with van der Waals surface area (Å²) in [7, 11) is 0. The summed E-state index contributed by atoms with van der Waals surface area (Å²) in [4.78, 5) is 22.8. The molecule has 1 aromatic carbocycles. The fraction of sp³-hybridized carbons (Fsp3) is 0.529. The number of carbonyl (C=O) groups excluding carboxylic acids is 2. The number of rotatable bonds is 6. The number of hydrogen-bond donors (Lipinski definition) is 4. The van der Waals surface area contributed by atoms with Crippen LogP contribution in [-0.2, 0) is 11.3 Å².